The molecule has 3 aromatic rings. The Morgan fingerprint density at radius 1 is 1.37 bits per heavy atom. The number of azide groups is 1. The van der Waals surface area contributed by atoms with Gasteiger partial charge in [-0.25, -0.2) is 14.6 Å². The number of nitrogens with one attached hydrogen (secondary N) is 1. The normalized spacial score (nSPS) is 26.6. The molecule has 0 spiro atoms. The minimum absolute atomic E-state index is 0.00200. The second-order valence-corrected chi connectivity index (χ2v) is 10.8. The lowest BCUT2D eigenvalue weighted by Crippen LogP contribution is -2.42. The van der Waals surface area contributed by atoms with Crippen molar-refractivity contribution in [2.24, 2.45) is 5.11 Å². The summed E-state index contributed by atoms with van der Waals surface area (Å²) in [4.78, 5) is 15.6. The molecule has 5 rings (SSSR count). The lowest BCUT2D eigenvalue weighted by atomic mass is 9.93. The van der Waals surface area contributed by atoms with Gasteiger partial charge in [0.2, 0.25) is 11.8 Å². The van der Waals surface area contributed by atoms with Crippen LogP contribution in [0, 0.1) is 0 Å². The van der Waals surface area contributed by atoms with Gasteiger partial charge in [0.15, 0.2) is 17.4 Å². The highest BCUT2D eigenvalue weighted by Gasteiger charge is 2.55. The van der Waals surface area contributed by atoms with Gasteiger partial charge in [0.05, 0.1) is 25.6 Å². The molecule has 0 bridgehead atoms. The fraction of sp³-hybridized carbons (Fsp3) is 0.500. The Hall–Kier alpha value is -3.45. The number of nitrogen functional groups attached to an aromatic ring is 1. The van der Waals surface area contributed by atoms with E-state index in [-0.39, 0.29) is 30.1 Å². The summed E-state index contributed by atoms with van der Waals surface area (Å²) in [5.41, 5.74) is 14.2. The molecule has 16 heteroatoms. The lowest BCUT2D eigenvalue weighted by Gasteiger charge is -2.28. The van der Waals surface area contributed by atoms with Crippen LogP contribution in [-0.2, 0) is 13.8 Å². The van der Waals surface area contributed by atoms with Crippen LogP contribution in [-0.4, -0.2) is 61.6 Å². The first-order chi connectivity index (χ1) is 18.3. The molecule has 1 unspecified atom stereocenters. The summed E-state index contributed by atoms with van der Waals surface area (Å²) in [5.74, 6) is 0.487. The highest BCUT2D eigenvalue weighted by Crippen LogP contribution is 2.49. The topological polar surface area (TPSA) is 205 Å². The Morgan fingerprint density at radius 2 is 2.13 bits per heavy atom. The molecule has 0 radical (unpaired) electrons. The fourth-order valence-electron chi connectivity index (χ4n) is 4.22. The van der Waals surface area contributed by atoms with Gasteiger partial charge in [0.1, 0.15) is 17.4 Å². The quantitative estimate of drug-likeness (QED) is 0.138. The van der Waals surface area contributed by atoms with Gasteiger partial charge < -0.3 is 24.8 Å². The van der Waals surface area contributed by atoms with Crippen LogP contribution in [0.1, 0.15) is 32.9 Å². The van der Waals surface area contributed by atoms with E-state index in [4.69, 9.17) is 24.3 Å². The highest BCUT2D eigenvalue weighted by molar-refractivity contribution is 7.52. The maximum atomic E-state index is 13.6. The molecule has 1 aliphatic heterocycles. The molecule has 38 heavy (non-hydrogen) atoms. The zero-order valence-electron chi connectivity index (χ0n) is 20.7. The van der Waals surface area contributed by atoms with E-state index < -0.39 is 31.7 Å². The Labute approximate surface area is 217 Å². The average Bonchev–Trinajstić information content (AvgIpc) is 3.54. The molecule has 5 atom stereocenters. The number of ether oxygens (including phenoxy) is 2. The zero-order valence-corrected chi connectivity index (χ0v) is 21.6. The summed E-state index contributed by atoms with van der Waals surface area (Å²) >= 11 is 0. The van der Waals surface area contributed by atoms with E-state index >= 15 is 0 Å². The lowest BCUT2D eigenvalue weighted by molar-refractivity contribution is -0.0423. The second kappa shape index (κ2) is 10.4. The summed E-state index contributed by atoms with van der Waals surface area (Å²) < 4.78 is 38.2. The van der Waals surface area contributed by atoms with Crippen LogP contribution in [0.4, 0.5) is 5.95 Å². The van der Waals surface area contributed by atoms with Gasteiger partial charge in [-0.1, -0.05) is 23.3 Å². The van der Waals surface area contributed by atoms with Crippen molar-refractivity contribution < 1.29 is 28.2 Å². The van der Waals surface area contributed by atoms with Crippen molar-refractivity contribution in [1.82, 2.24) is 24.6 Å². The minimum Gasteiger partial charge on any atom is -0.476 e. The van der Waals surface area contributed by atoms with Crippen molar-refractivity contribution in [2.75, 3.05) is 18.9 Å². The molecular formula is C22H28N9O6P. The highest BCUT2D eigenvalue weighted by atomic mass is 31.2. The Morgan fingerprint density at radius 3 is 2.82 bits per heavy atom. The van der Waals surface area contributed by atoms with E-state index in [1.54, 1.807) is 31.2 Å². The number of aromatic nitrogens is 4. The number of hydrogen-bond donors (Lipinski definition) is 3. The number of aliphatic hydroxyl groups is 1. The summed E-state index contributed by atoms with van der Waals surface area (Å²) in [6, 6.07) is 8.63. The Kier molecular flexibility index (Phi) is 7.14. The van der Waals surface area contributed by atoms with Crippen LogP contribution in [0.5, 0.6) is 11.6 Å². The predicted molar refractivity (Wildman–Crippen MR) is 135 cm³/mol. The molecule has 2 fully saturated rings. The Balaban J connectivity index is 1.42. The number of nitrogens with zero attached hydrogens (tertiary/aromatic N) is 7. The van der Waals surface area contributed by atoms with Gasteiger partial charge in [-0.15, -0.1) is 0 Å². The van der Waals surface area contributed by atoms with E-state index in [1.807, 2.05) is 6.07 Å². The average molecular weight is 545 g/mol. The van der Waals surface area contributed by atoms with Crippen LogP contribution in [0.25, 0.3) is 21.6 Å². The second-order valence-electron chi connectivity index (χ2n) is 9.13. The van der Waals surface area contributed by atoms with Crippen LogP contribution >= 0.6 is 7.75 Å². The number of para-hydroxylation sites is 1. The number of imidazole rings is 1. The third-order valence-corrected chi connectivity index (χ3v) is 7.87. The van der Waals surface area contributed by atoms with Gasteiger partial charge in [-0.2, -0.15) is 9.97 Å². The van der Waals surface area contributed by atoms with E-state index in [9.17, 15) is 15.2 Å². The number of anilines is 1. The van der Waals surface area contributed by atoms with Crippen LogP contribution < -0.4 is 20.1 Å². The first-order valence-electron chi connectivity index (χ1n) is 12.1. The molecule has 202 valence electrons. The Bertz CT molecular complexity index is 1400. The molecule has 1 aromatic carbocycles. The van der Waals surface area contributed by atoms with Crippen LogP contribution in [0.15, 0.2) is 41.8 Å². The van der Waals surface area contributed by atoms with E-state index in [1.165, 1.54) is 17.8 Å². The van der Waals surface area contributed by atoms with Crippen molar-refractivity contribution >= 4 is 24.9 Å². The molecule has 3 heterocycles. The predicted octanol–water partition coefficient (Wildman–Crippen LogP) is 3.09. The number of fused-ring (bicyclic) bond motifs is 1. The summed E-state index contributed by atoms with van der Waals surface area (Å²) in [6.07, 6.45) is -0.377. The number of hydrogen-bond acceptors (Lipinski definition) is 11. The SMILES string of the molecule is CCOc1nc(N)nc2c1ncn2[C@@H]1O[C@H](COP(=O)(NC2CC2)Oc2ccccc2)[C@@H](O)[C@@]1(C)N=[N+]=[N-]. The van der Waals surface area contributed by atoms with Crippen molar-refractivity contribution in [3.05, 3.63) is 47.1 Å². The number of nitrogens with two attached hydrogens (primary N) is 1. The fourth-order valence-corrected chi connectivity index (χ4v) is 5.84. The van der Waals surface area contributed by atoms with Crippen LogP contribution in [0.3, 0.4) is 0 Å². The first kappa shape index (κ1) is 26.2. The minimum atomic E-state index is -3.83. The van der Waals surface area contributed by atoms with Gasteiger partial charge in [0.25, 0.3) is 0 Å². The molecule has 2 aliphatic rings. The molecular weight excluding hydrogens is 517 g/mol. The van der Waals surface area contributed by atoms with Crippen molar-refractivity contribution in [3.63, 3.8) is 0 Å². The van der Waals surface area contributed by atoms with Crippen molar-refractivity contribution in [3.8, 4) is 11.6 Å². The van der Waals surface area contributed by atoms with E-state index in [0.717, 1.165) is 12.8 Å². The van der Waals surface area contributed by atoms with Crippen molar-refractivity contribution in [1.29, 1.82) is 0 Å². The van der Waals surface area contributed by atoms with Crippen molar-refractivity contribution in [2.45, 2.75) is 56.7 Å². The zero-order chi connectivity index (χ0) is 26.9. The standard InChI is InChI=1S/C22H28N9O6P/c1-3-34-19-16-18(26-21(23)27-19)31(12-25-16)20-22(2,29-30-24)17(32)15(36-20)11-35-38(33,28-13-9-10-13)37-14-7-5-4-6-8-14/h4-8,12-13,15,17,20,32H,3,9-11H2,1-2H3,(H,28,33)(H2,23,26,27)/t15-,17-,20-,22-,38?/m1/s1. The smallest absolute Gasteiger partial charge is 0.459 e. The summed E-state index contributed by atoms with van der Waals surface area (Å²) in [7, 11) is -3.83. The molecule has 1 saturated carbocycles. The maximum Gasteiger partial charge on any atom is 0.459 e. The van der Waals surface area contributed by atoms with Gasteiger partial charge in [-0.05, 0) is 44.4 Å². The monoisotopic (exact) mass is 545 g/mol. The molecule has 1 aliphatic carbocycles. The first-order valence-corrected chi connectivity index (χ1v) is 13.6. The molecule has 0 amide bonds. The molecule has 15 nitrogen and oxygen atoms in total. The third kappa shape index (κ3) is 5.12. The number of aliphatic hydroxyl groups excluding tert-OH is 1. The molecule has 1 saturated heterocycles. The number of rotatable bonds is 11. The number of benzene rings is 1. The van der Waals surface area contributed by atoms with E-state index in [0.29, 0.717) is 17.9 Å². The largest absolute Gasteiger partial charge is 0.476 e. The maximum absolute atomic E-state index is 13.6. The third-order valence-electron chi connectivity index (χ3n) is 6.25. The molecule has 4 N–H and O–H groups in total. The summed E-state index contributed by atoms with van der Waals surface area (Å²) in [5, 5.41) is 18.0. The summed E-state index contributed by atoms with van der Waals surface area (Å²) in [6.45, 7) is 3.32. The van der Waals surface area contributed by atoms with Gasteiger partial charge in [-0.3, -0.25) is 9.09 Å². The van der Waals surface area contributed by atoms with E-state index in [2.05, 4.69) is 30.1 Å². The molecule has 2 aromatic heterocycles. The van der Waals surface area contributed by atoms with Gasteiger partial charge in [0, 0.05) is 11.0 Å². The van der Waals surface area contributed by atoms with Gasteiger partial charge >= 0.3 is 7.75 Å². The van der Waals surface area contributed by atoms with Crippen LogP contribution in [0.2, 0.25) is 0 Å².